The molecule has 0 aromatic carbocycles. The Balaban J connectivity index is 0.000000132. The van der Waals surface area contributed by atoms with Gasteiger partial charge in [-0.2, -0.15) is 4.39 Å². The highest BCUT2D eigenvalue weighted by Crippen LogP contribution is 1.86. The van der Waals surface area contributed by atoms with Gasteiger partial charge in [-0.1, -0.05) is 6.07 Å². The summed E-state index contributed by atoms with van der Waals surface area (Å²) in [6.07, 6.45) is 1.41. The van der Waals surface area contributed by atoms with Crippen LogP contribution < -0.4 is 5.32 Å². The Kier molecular flexibility index (Phi) is 4.35. The molecule has 13 heavy (non-hydrogen) atoms. The normalized spacial score (nSPS) is 16.5. The molecule has 0 bridgehead atoms. The number of hydrogen-bond donors (Lipinski definition) is 1. The molecule has 0 unspecified atom stereocenters. The summed E-state index contributed by atoms with van der Waals surface area (Å²) in [5, 5.41) is 3.20. The lowest BCUT2D eigenvalue weighted by molar-refractivity contribution is 0.412. The number of rotatable bonds is 0. The van der Waals surface area contributed by atoms with Crippen LogP contribution in [-0.2, 0) is 0 Å². The molecule has 0 spiro atoms. The Morgan fingerprint density at radius 3 is 2.62 bits per heavy atom. The van der Waals surface area contributed by atoms with Crippen molar-refractivity contribution in [2.75, 3.05) is 26.8 Å². The van der Waals surface area contributed by atoms with Crippen LogP contribution in [-0.4, -0.2) is 36.7 Å². The van der Waals surface area contributed by atoms with E-state index in [1.807, 2.05) is 0 Å². The third-order valence-electron chi connectivity index (χ3n) is 1.68. The maximum absolute atomic E-state index is 11.8. The minimum Gasteiger partial charge on any atom is -0.303 e. The molecular weight excluding hydrogens is 169 g/mol. The fourth-order valence-electron chi connectivity index (χ4n) is 0.961. The van der Waals surface area contributed by atoms with Crippen molar-refractivity contribution in [1.29, 1.82) is 0 Å². The first-order valence-corrected chi connectivity index (χ1v) is 4.25. The van der Waals surface area contributed by atoms with Gasteiger partial charge in [0.1, 0.15) is 0 Å². The summed E-state index contributed by atoms with van der Waals surface area (Å²) >= 11 is 0. The molecule has 0 radical (unpaired) electrons. The summed E-state index contributed by atoms with van der Waals surface area (Å²) in [5.74, 6) is -0.428. The fourth-order valence-corrected chi connectivity index (χ4v) is 0.961. The summed E-state index contributed by atoms with van der Waals surface area (Å²) in [7, 11) is 2.11. The molecule has 1 aliphatic rings. The molecule has 1 aromatic rings. The molecule has 72 valence electrons. The van der Waals surface area contributed by atoms with E-state index in [2.05, 4.69) is 22.2 Å². The van der Waals surface area contributed by atoms with Crippen molar-refractivity contribution in [3.8, 4) is 0 Å². The van der Waals surface area contributed by atoms with Crippen molar-refractivity contribution in [3.63, 3.8) is 0 Å². The van der Waals surface area contributed by atoms with Crippen LogP contribution in [0.5, 0.6) is 0 Å². The van der Waals surface area contributed by atoms with Crippen LogP contribution >= 0.6 is 0 Å². The molecular formula is C9H14FN3. The van der Waals surface area contributed by atoms with E-state index < -0.39 is 5.95 Å². The molecule has 0 aliphatic carbocycles. The molecule has 4 heteroatoms. The Bertz CT molecular complexity index is 222. The second-order valence-electron chi connectivity index (χ2n) is 2.89. The number of nitrogens with zero attached hydrogens (tertiary/aromatic N) is 2. The van der Waals surface area contributed by atoms with E-state index in [0.717, 1.165) is 13.2 Å². The highest BCUT2D eigenvalue weighted by atomic mass is 19.1. The zero-order chi connectivity index (χ0) is 9.52. The predicted octanol–water partition coefficient (Wildman–Crippen LogP) is 0.700. The summed E-state index contributed by atoms with van der Waals surface area (Å²) in [4.78, 5) is 5.56. The predicted molar refractivity (Wildman–Crippen MR) is 49.7 cm³/mol. The van der Waals surface area contributed by atoms with E-state index in [9.17, 15) is 4.39 Å². The standard InChI is InChI=1S/C5H4FN.C4H10N2/c6-5-3-1-2-4-7-5;1-6-3-2-5-4-6/h1-4H;5H,2-4H2,1H3. The molecule has 1 saturated heterocycles. The van der Waals surface area contributed by atoms with Gasteiger partial charge in [0.25, 0.3) is 0 Å². The van der Waals surface area contributed by atoms with Crippen LogP contribution in [0.4, 0.5) is 4.39 Å². The minimum atomic E-state index is -0.428. The van der Waals surface area contributed by atoms with Crippen LogP contribution in [0.25, 0.3) is 0 Å². The highest BCUT2D eigenvalue weighted by Gasteiger charge is 2.01. The van der Waals surface area contributed by atoms with Crippen molar-refractivity contribution in [2.45, 2.75) is 0 Å². The van der Waals surface area contributed by atoms with Crippen molar-refractivity contribution < 1.29 is 4.39 Å². The van der Waals surface area contributed by atoms with E-state index in [0.29, 0.717) is 0 Å². The van der Waals surface area contributed by atoms with E-state index in [1.165, 1.54) is 18.8 Å². The lowest BCUT2D eigenvalue weighted by Gasteiger charge is -1.99. The lowest BCUT2D eigenvalue weighted by atomic mass is 10.5. The van der Waals surface area contributed by atoms with Crippen LogP contribution in [0.15, 0.2) is 24.4 Å². The van der Waals surface area contributed by atoms with E-state index in [4.69, 9.17) is 0 Å². The number of hydrogen-bond acceptors (Lipinski definition) is 3. The first-order valence-electron chi connectivity index (χ1n) is 4.25. The number of nitrogens with one attached hydrogen (secondary N) is 1. The van der Waals surface area contributed by atoms with Crippen LogP contribution in [0.3, 0.4) is 0 Å². The molecule has 3 nitrogen and oxygen atoms in total. The number of aromatic nitrogens is 1. The zero-order valence-electron chi connectivity index (χ0n) is 7.70. The van der Waals surface area contributed by atoms with E-state index >= 15 is 0 Å². The van der Waals surface area contributed by atoms with Gasteiger partial charge >= 0.3 is 0 Å². The largest absolute Gasteiger partial charge is 0.303 e. The highest BCUT2D eigenvalue weighted by molar-refractivity contribution is 4.90. The van der Waals surface area contributed by atoms with Gasteiger partial charge in [-0.3, -0.25) is 4.90 Å². The first-order chi connectivity index (χ1) is 6.29. The van der Waals surface area contributed by atoms with Crippen LogP contribution in [0, 0.1) is 5.95 Å². The van der Waals surface area contributed by atoms with Gasteiger partial charge in [0.2, 0.25) is 5.95 Å². The molecule has 0 saturated carbocycles. The average molecular weight is 183 g/mol. The molecule has 2 rings (SSSR count). The number of pyridine rings is 1. The Morgan fingerprint density at radius 1 is 1.54 bits per heavy atom. The smallest absolute Gasteiger partial charge is 0.212 e. The van der Waals surface area contributed by atoms with Gasteiger partial charge in [-0.15, -0.1) is 0 Å². The molecule has 0 atom stereocenters. The number of halogens is 1. The van der Waals surface area contributed by atoms with E-state index in [1.54, 1.807) is 12.1 Å². The van der Waals surface area contributed by atoms with Gasteiger partial charge in [-0.25, -0.2) is 4.98 Å². The first kappa shape index (κ1) is 10.1. The zero-order valence-corrected chi connectivity index (χ0v) is 7.70. The second-order valence-corrected chi connectivity index (χ2v) is 2.89. The maximum atomic E-state index is 11.8. The van der Waals surface area contributed by atoms with Gasteiger partial charge in [-0.05, 0) is 19.2 Å². The lowest BCUT2D eigenvalue weighted by Crippen LogP contribution is -2.15. The van der Waals surface area contributed by atoms with Crippen molar-refractivity contribution >= 4 is 0 Å². The average Bonchev–Trinajstić information content (AvgIpc) is 2.58. The van der Waals surface area contributed by atoms with Gasteiger partial charge in [0.15, 0.2) is 0 Å². The second kappa shape index (κ2) is 5.61. The summed E-state index contributed by atoms with van der Waals surface area (Å²) in [6.45, 7) is 3.44. The maximum Gasteiger partial charge on any atom is 0.212 e. The molecule has 0 amide bonds. The summed E-state index contributed by atoms with van der Waals surface area (Å²) in [5.41, 5.74) is 0. The van der Waals surface area contributed by atoms with Crippen LogP contribution in [0.2, 0.25) is 0 Å². The molecule has 1 aliphatic heterocycles. The fraction of sp³-hybridized carbons (Fsp3) is 0.444. The topological polar surface area (TPSA) is 28.2 Å². The third-order valence-corrected chi connectivity index (χ3v) is 1.68. The minimum absolute atomic E-state index is 0.428. The quantitative estimate of drug-likeness (QED) is 0.600. The van der Waals surface area contributed by atoms with Crippen molar-refractivity contribution in [1.82, 2.24) is 15.2 Å². The molecule has 1 aromatic heterocycles. The Labute approximate surface area is 77.6 Å². The monoisotopic (exact) mass is 183 g/mol. The van der Waals surface area contributed by atoms with E-state index in [-0.39, 0.29) is 0 Å². The Hall–Kier alpha value is -1.00. The summed E-state index contributed by atoms with van der Waals surface area (Å²) < 4.78 is 11.8. The molecule has 1 N–H and O–H groups in total. The Morgan fingerprint density at radius 2 is 2.38 bits per heavy atom. The van der Waals surface area contributed by atoms with Crippen molar-refractivity contribution in [3.05, 3.63) is 30.3 Å². The SMILES string of the molecule is CN1CCNC1.Fc1ccccn1. The molecule has 1 fully saturated rings. The number of likely N-dealkylation sites (N-methyl/N-ethyl adjacent to an activating group) is 1. The van der Waals surface area contributed by atoms with Crippen LogP contribution in [0.1, 0.15) is 0 Å². The van der Waals surface area contributed by atoms with Crippen molar-refractivity contribution in [2.24, 2.45) is 0 Å². The summed E-state index contributed by atoms with van der Waals surface area (Å²) in [6, 6.07) is 4.57. The van der Waals surface area contributed by atoms with Gasteiger partial charge in [0.05, 0.1) is 0 Å². The van der Waals surface area contributed by atoms with Gasteiger partial charge in [0, 0.05) is 26.0 Å². The van der Waals surface area contributed by atoms with Gasteiger partial charge < -0.3 is 5.32 Å². The molecule has 2 heterocycles. The third kappa shape index (κ3) is 4.55.